The van der Waals surface area contributed by atoms with Crippen LogP contribution in [0.25, 0.3) is 10.2 Å². The molecule has 0 fully saturated rings. The summed E-state index contributed by atoms with van der Waals surface area (Å²) < 4.78 is 6.66. The number of rotatable bonds is 4. The van der Waals surface area contributed by atoms with Gasteiger partial charge in [-0.25, -0.2) is 9.78 Å². The standard InChI is InChI=1S/C18H18N2O3S/c1-4-23-18(22)14-7-5-6-13(9-14)10-20-12(3)19-16-15(17(20)21)8-11(2)24-16/h5-9H,4,10H2,1-3H3. The number of hydrogen-bond acceptors (Lipinski definition) is 5. The van der Waals surface area contributed by atoms with Crippen LogP contribution in [0.3, 0.4) is 0 Å². The van der Waals surface area contributed by atoms with Gasteiger partial charge in [0.2, 0.25) is 0 Å². The molecule has 0 amide bonds. The fourth-order valence-electron chi connectivity index (χ4n) is 2.62. The fraction of sp³-hybridized carbons (Fsp3) is 0.278. The number of ether oxygens (including phenoxy) is 1. The van der Waals surface area contributed by atoms with Crippen LogP contribution in [0.2, 0.25) is 0 Å². The molecule has 5 nitrogen and oxygen atoms in total. The predicted octanol–water partition coefficient (Wildman–Crippen LogP) is 3.30. The fourth-order valence-corrected chi connectivity index (χ4v) is 3.53. The summed E-state index contributed by atoms with van der Waals surface area (Å²) in [5, 5.41) is 0.643. The zero-order chi connectivity index (χ0) is 17.3. The maximum Gasteiger partial charge on any atom is 0.338 e. The summed E-state index contributed by atoms with van der Waals surface area (Å²) in [6, 6.07) is 9.02. The van der Waals surface area contributed by atoms with E-state index >= 15 is 0 Å². The molecule has 0 aliphatic rings. The molecule has 3 aromatic rings. The Labute approximate surface area is 143 Å². The van der Waals surface area contributed by atoms with Crippen LogP contribution in [0.5, 0.6) is 0 Å². The predicted molar refractivity (Wildman–Crippen MR) is 94.9 cm³/mol. The van der Waals surface area contributed by atoms with E-state index in [2.05, 4.69) is 4.98 Å². The van der Waals surface area contributed by atoms with Crippen molar-refractivity contribution in [2.75, 3.05) is 6.61 Å². The molecule has 0 saturated heterocycles. The van der Waals surface area contributed by atoms with Gasteiger partial charge in [-0.3, -0.25) is 9.36 Å². The Hall–Kier alpha value is -2.47. The first-order valence-corrected chi connectivity index (χ1v) is 8.55. The second-order valence-electron chi connectivity index (χ2n) is 5.55. The van der Waals surface area contributed by atoms with Gasteiger partial charge < -0.3 is 4.74 Å². The number of hydrogen-bond donors (Lipinski definition) is 0. The lowest BCUT2D eigenvalue weighted by atomic mass is 10.1. The van der Waals surface area contributed by atoms with E-state index in [0.717, 1.165) is 15.3 Å². The molecule has 0 aliphatic carbocycles. The van der Waals surface area contributed by atoms with Crippen molar-refractivity contribution in [2.24, 2.45) is 0 Å². The van der Waals surface area contributed by atoms with Gasteiger partial charge in [0.05, 0.1) is 24.1 Å². The molecule has 0 aliphatic heterocycles. The number of benzene rings is 1. The Balaban J connectivity index is 2.00. The number of aromatic nitrogens is 2. The summed E-state index contributed by atoms with van der Waals surface area (Å²) in [5.74, 6) is 0.307. The van der Waals surface area contributed by atoms with Gasteiger partial charge in [-0.1, -0.05) is 12.1 Å². The third kappa shape index (κ3) is 3.10. The highest BCUT2D eigenvalue weighted by Gasteiger charge is 2.12. The molecule has 0 radical (unpaired) electrons. The quantitative estimate of drug-likeness (QED) is 0.683. The van der Waals surface area contributed by atoms with E-state index in [0.29, 0.717) is 29.9 Å². The van der Waals surface area contributed by atoms with Crippen LogP contribution in [-0.4, -0.2) is 22.1 Å². The lowest BCUT2D eigenvalue weighted by Gasteiger charge is -2.10. The monoisotopic (exact) mass is 342 g/mol. The van der Waals surface area contributed by atoms with Crippen LogP contribution in [0, 0.1) is 13.8 Å². The number of carbonyl (C=O) groups is 1. The van der Waals surface area contributed by atoms with Crippen LogP contribution in [-0.2, 0) is 11.3 Å². The van der Waals surface area contributed by atoms with Gasteiger partial charge in [-0.2, -0.15) is 0 Å². The number of nitrogens with zero attached hydrogens (tertiary/aromatic N) is 2. The topological polar surface area (TPSA) is 61.2 Å². The van der Waals surface area contributed by atoms with Gasteiger partial charge in [0, 0.05) is 4.88 Å². The molecule has 1 aromatic carbocycles. The lowest BCUT2D eigenvalue weighted by Crippen LogP contribution is -2.24. The minimum Gasteiger partial charge on any atom is -0.462 e. The number of carbonyl (C=O) groups excluding carboxylic acids is 1. The van der Waals surface area contributed by atoms with Crippen molar-refractivity contribution in [3.63, 3.8) is 0 Å². The van der Waals surface area contributed by atoms with Gasteiger partial charge in [0.15, 0.2) is 0 Å². The summed E-state index contributed by atoms with van der Waals surface area (Å²) in [7, 11) is 0. The molecule has 2 aromatic heterocycles. The van der Waals surface area contributed by atoms with Crippen LogP contribution >= 0.6 is 11.3 Å². The zero-order valence-corrected chi connectivity index (χ0v) is 14.6. The van der Waals surface area contributed by atoms with Gasteiger partial charge in [-0.15, -0.1) is 11.3 Å². The molecule has 0 N–H and O–H groups in total. The molecular weight excluding hydrogens is 324 g/mol. The number of esters is 1. The first-order chi connectivity index (χ1) is 11.5. The second kappa shape index (κ2) is 6.57. The summed E-state index contributed by atoms with van der Waals surface area (Å²) in [6.45, 7) is 6.27. The van der Waals surface area contributed by atoms with Crippen molar-refractivity contribution in [1.29, 1.82) is 0 Å². The molecule has 0 saturated carbocycles. The van der Waals surface area contributed by atoms with Crippen LogP contribution in [0.4, 0.5) is 0 Å². The highest BCUT2D eigenvalue weighted by atomic mass is 32.1. The van der Waals surface area contributed by atoms with Gasteiger partial charge in [0.25, 0.3) is 5.56 Å². The molecule has 0 atom stereocenters. The summed E-state index contributed by atoms with van der Waals surface area (Å²) in [6.07, 6.45) is 0. The van der Waals surface area contributed by atoms with E-state index in [4.69, 9.17) is 4.74 Å². The van der Waals surface area contributed by atoms with E-state index in [9.17, 15) is 9.59 Å². The highest BCUT2D eigenvalue weighted by molar-refractivity contribution is 7.18. The minimum absolute atomic E-state index is 0.0524. The number of aryl methyl sites for hydroxylation is 2. The number of fused-ring (bicyclic) bond motifs is 1. The van der Waals surface area contributed by atoms with Gasteiger partial charge >= 0.3 is 5.97 Å². The molecule has 0 bridgehead atoms. The number of thiophene rings is 1. The maximum absolute atomic E-state index is 12.7. The Bertz CT molecular complexity index is 972. The Morgan fingerprint density at radius 3 is 2.83 bits per heavy atom. The summed E-state index contributed by atoms with van der Waals surface area (Å²) in [4.78, 5) is 31.0. The van der Waals surface area contributed by atoms with E-state index < -0.39 is 0 Å². The van der Waals surface area contributed by atoms with Gasteiger partial charge in [0.1, 0.15) is 10.7 Å². The third-order valence-electron chi connectivity index (χ3n) is 3.74. The molecular formula is C18H18N2O3S. The molecule has 0 spiro atoms. The van der Waals surface area contributed by atoms with Gasteiger partial charge in [-0.05, 0) is 44.5 Å². The van der Waals surface area contributed by atoms with E-state index in [1.165, 1.54) is 11.3 Å². The van der Waals surface area contributed by atoms with E-state index in [1.54, 1.807) is 29.7 Å². The van der Waals surface area contributed by atoms with Crippen molar-refractivity contribution in [1.82, 2.24) is 9.55 Å². The van der Waals surface area contributed by atoms with E-state index in [1.807, 2.05) is 26.0 Å². The normalized spacial score (nSPS) is 11.0. The van der Waals surface area contributed by atoms with Crippen LogP contribution in [0.1, 0.15) is 33.5 Å². The molecule has 124 valence electrons. The molecule has 0 unspecified atom stereocenters. The smallest absolute Gasteiger partial charge is 0.338 e. The average molecular weight is 342 g/mol. The van der Waals surface area contributed by atoms with Crippen molar-refractivity contribution in [3.8, 4) is 0 Å². The Kier molecular flexibility index (Phi) is 4.49. The maximum atomic E-state index is 12.7. The van der Waals surface area contributed by atoms with Crippen LogP contribution < -0.4 is 5.56 Å². The van der Waals surface area contributed by atoms with Crippen molar-refractivity contribution < 1.29 is 9.53 Å². The molecule has 2 heterocycles. The average Bonchev–Trinajstić information content (AvgIpc) is 2.92. The molecule has 6 heteroatoms. The third-order valence-corrected chi connectivity index (χ3v) is 4.69. The summed E-state index contributed by atoms with van der Waals surface area (Å²) in [5.41, 5.74) is 1.29. The molecule has 24 heavy (non-hydrogen) atoms. The Morgan fingerprint density at radius 2 is 2.08 bits per heavy atom. The van der Waals surface area contributed by atoms with Crippen molar-refractivity contribution in [3.05, 3.63) is 62.5 Å². The highest BCUT2D eigenvalue weighted by Crippen LogP contribution is 2.20. The first-order valence-electron chi connectivity index (χ1n) is 7.73. The second-order valence-corrected chi connectivity index (χ2v) is 6.78. The molecule has 3 rings (SSSR count). The summed E-state index contributed by atoms with van der Waals surface area (Å²) >= 11 is 1.52. The van der Waals surface area contributed by atoms with E-state index in [-0.39, 0.29) is 11.5 Å². The zero-order valence-electron chi connectivity index (χ0n) is 13.8. The minimum atomic E-state index is -0.356. The van der Waals surface area contributed by atoms with Crippen LogP contribution in [0.15, 0.2) is 35.1 Å². The van der Waals surface area contributed by atoms with Crippen molar-refractivity contribution >= 4 is 27.5 Å². The lowest BCUT2D eigenvalue weighted by molar-refractivity contribution is 0.0526. The first kappa shape index (κ1) is 16.4. The Morgan fingerprint density at radius 1 is 1.29 bits per heavy atom. The van der Waals surface area contributed by atoms with Crippen molar-refractivity contribution in [2.45, 2.75) is 27.3 Å². The largest absolute Gasteiger partial charge is 0.462 e. The SMILES string of the molecule is CCOC(=O)c1cccc(Cn2c(C)nc3sc(C)cc3c2=O)c1.